The van der Waals surface area contributed by atoms with E-state index in [1.165, 1.54) is 21.3 Å². The Morgan fingerprint density at radius 3 is 1.78 bits per heavy atom. The van der Waals surface area contributed by atoms with Crippen molar-refractivity contribution in [2.24, 2.45) is 5.41 Å². The number of carbonyl (C=O) groups is 2. The van der Waals surface area contributed by atoms with Gasteiger partial charge >= 0.3 is 0 Å². The van der Waals surface area contributed by atoms with Gasteiger partial charge in [0, 0.05) is 23.5 Å². The monoisotopic (exact) mass is 370 g/mol. The summed E-state index contributed by atoms with van der Waals surface area (Å²) in [5.41, 5.74) is 0.0682. The number of rotatable bonds is 7. The number of hydrogen-bond donors (Lipinski definition) is 2. The molecule has 0 bridgehead atoms. The van der Waals surface area contributed by atoms with Crippen LogP contribution in [0.5, 0.6) is 17.2 Å². The maximum Gasteiger partial charge on any atom is 0.240 e. The van der Waals surface area contributed by atoms with Crippen molar-refractivity contribution in [1.29, 1.82) is 0 Å². The van der Waals surface area contributed by atoms with Crippen molar-refractivity contribution in [3.05, 3.63) is 42.5 Å². The number of ether oxygens (including phenoxy) is 3. The van der Waals surface area contributed by atoms with E-state index in [1.807, 2.05) is 18.2 Å². The van der Waals surface area contributed by atoms with Crippen LogP contribution in [0.1, 0.15) is 12.8 Å². The van der Waals surface area contributed by atoms with E-state index in [0.29, 0.717) is 41.5 Å². The van der Waals surface area contributed by atoms with Gasteiger partial charge in [-0.15, -0.1) is 0 Å². The van der Waals surface area contributed by atoms with Crippen LogP contribution in [-0.4, -0.2) is 33.1 Å². The third kappa shape index (κ3) is 3.67. The summed E-state index contributed by atoms with van der Waals surface area (Å²) in [6.07, 6.45) is 1.00. The van der Waals surface area contributed by atoms with Gasteiger partial charge in [0.1, 0.15) is 5.41 Å². The molecule has 0 radical (unpaired) electrons. The standard InChI is InChI=1S/C20H22N2O5/c1-25-15-11-14(12-16(26-2)17(15)27-3)22-19(24)20(9-10-20)18(23)21-13-7-5-4-6-8-13/h4-8,11-12H,9-10H2,1-3H3,(H,21,23)(H,22,24). The molecule has 0 aliphatic heterocycles. The number of para-hydroxylation sites is 1. The molecule has 3 rings (SSSR count). The number of carbonyl (C=O) groups excluding carboxylic acids is 2. The molecular formula is C20H22N2O5. The van der Waals surface area contributed by atoms with Crippen molar-refractivity contribution >= 4 is 23.2 Å². The number of benzene rings is 2. The molecule has 27 heavy (non-hydrogen) atoms. The second-order valence-corrected chi connectivity index (χ2v) is 6.27. The molecule has 1 aliphatic rings. The van der Waals surface area contributed by atoms with E-state index in [9.17, 15) is 9.59 Å². The normalized spacial score (nSPS) is 14.0. The quantitative estimate of drug-likeness (QED) is 0.732. The van der Waals surface area contributed by atoms with Gasteiger partial charge < -0.3 is 24.8 Å². The summed E-state index contributed by atoms with van der Waals surface area (Å²) >= 11 is 0. The first-order chi connectivity index (χ1) is 13.0. The summed E-state index contributed by atoms with van der Waals surface area (Å²) in [4.78, 5) is 25.4. The lowest BCUT2D eigenvalue weighted by Crippen LogP contribution is -2.35. The number of methoxy groups -OCH3 is 3. The number of hydrogen-bond acceptors (Lipinski definition) is 5. The Balaban J connectivity index is 1.77. The van der Waals surface area contributed by atoms with Gasteiger partial charge in [-0.1, -0.05) is 18.2 Å². The number of anilines is 2. The Labute approximate surface area is 157 Å². The predicted molar refractivity (Wildman–Crippen MR) is 101 cm³/mol. The lowest BCUT2D eigenvalue weighted by atomic mass is 10.0. The lowest BCUT2D eigenvalue weighted by molar-refractivity contribution is -0.131. The Morgan fingerprint density at radius 2 is 1.33 bits per heavy atom. The Bertz CT molecular complexity index is 822. The smallest absolute Gasteiger partial charge is 0.240 e. The molecule has 0 heterocycles. The second kappa shape index (κ2) is 7.57. The summed E-state index contributed by atoms with van der Waals surface area (Å²) in [5.74, 6) is 0.612. The number of nitrogens with one attached hydrogen (secondary N) is 2. The zero-order valence-electron chi connectivity index (χ0n) is 15.5. The molecule has 7 nitrogen and oxygen atoms in total. The first kappa shape index (κ1) is 18.6. The maximum absolute atomic E-state index is 12.8. The molecule has 0 atom stereocenters. The Hall–Kier alpha value is -3.22. The van der Waals surface area contributed by atoms with E-state index in [4.69, 9.17) is 14.2 Å². The van der Waals surface area contributed by atoms with Crippen molar-refractivity contribution < 1.29 is 23.8 Å². The summed E-state index contributed by atoms with van der Waals surface area (Å²) < 4.78 is 15.9. The number of amides is 2. The third-order valence-electron chi connectivity index (χ3n) is 4.57. The molecule has 142 valence electrons. The van der Waals surface area contributed by atoms with Crippen molar-refractivity contribution in [3.8, 4) is 17.2 Å². The minimum atomic E-state index is -1.06. The molecule has 0 unspecified atom stereocenters. The van der Waals surface area contributed by atoms with E-state index in [1.54, 1.807) is 24.3 Å². The third-order valence-corrected chi connectivity index (χ3v) is 4.57. The minimum Gasteiger partial charge on any atom is -0.493 e. The van der Waals surface area contributed by atoms with Gasteiger partial charge in [0.25, 0.3) is 0 Å². The van der Waals surface area contributed by atoms with E-state index in [0.717, 1.165) is 0 Å². The molecule has 1 saturated carbocycles. The van der Waals surface area contributed by atoms with E-state index in [-0.39, 0.29) is 11.8 Å². The first-order valence-corrected chi connectivity index (χ1v) is 8.52. The van der Waals surface area contributed by atoms with Crippen LogP contribution >= 0.6 is 0 Å². The zero-order valence-corrected chi connectivity index (χ0v) is 15.5. The predicted octanol–water partition coefficient (Wildman–Crippen LogP) is 3.07. The van der Waals surface area contributed by atoms with Crippen molar-refractivity contribution in [3.63, 3.8) is 0 Å². The molecule has 0 aromatic heterocycles. The second-order valence-electron chi connectivity index (χ2n) is 6.27. The van der Waals surface area contributed by atoms with Gasteiger partial charge in [0.05, 0.1) is 21.3 Å². The highest BCUT2D eigenvalue weighted by Crippen LogP contribution is 2.48. The molecule has 2 aromatic rings. The SMILES string of the molecule is COc1cc(NC(=O)C2(C(=O)Nc3ccccc3)CC2)cc(OC)c1OC. The van der Waals surface area contributed by atoms with E-state index >= 15 is 0 Å². The lowest BCUT2D eigenvalue weighted by Gasteiger charge is -2.18. The molecule has 1 aliphatic carbocycles. The highest BCUT2D eigenvalue weighted by atomic mass is 16.5. The van der Waals surface area contributed by atoms with Crippen molar-refractivity contribution in [1.82, 2.24) is 0 Å². The van der Waals surface area contributed by atoms with Crippen LogP contribution in [0, 0.1) is 5.41 Å². The van der Waals surface area contributed by atoms with Gasteiger partial charge in [-0.3, -0.25) is 9.59 Å². The first-order valence-electron chi connectivity index (χ1n) is 8.52. The molecule has 2 aromatic carbocycles. The van der Waals surface area contributed by atoms with Crippen molar-refractivity contribution in [2.75, 3.05) is 32.0 Å². The van der Waals surface area contributed by atoms with E-state index < -0.39 is 5.41 Å². The topological polar surface area (TPSA) is 85.9 Å². The van der Waals surface area contributed by atoms with Crippen LogP contribution in [0.15, 0.2) is 42.5 Å². The summed E-state index contributed by atoms with van der Waals surface area (Å²) in [5, 5.41) is 5.60. The highest BCUT2D eigenvalue weighted by molar-refractivity contribution is 6.17. The van der Waals surface area contributed by atoms with Crippen LogP contribution in [0.25, 0.3) is 0 Å². The Morgan fingerprint density at radius 1 is 0.815 bits per heavy atom. The molecule has 2 N–H and O–H groups in total. The van der Waals surface area contributed by atoms with Gasteiger partial charge in [-0.05, 0) is 25.0 Å². The van der Waals surface area contributed by atoms with Crippen LogP contribution in [0.2, 0.25) is 0 Å². The molecule has 2 amide bonds. The molecular weight excluding hydrogens is 348 g/mol. The fraction of sp³-hybridized carbons (Fsp3) is 0.300. The van der Waals surface area contributed by atoms with E-state index in [2.05, 4.69) is 10.6 Å². The van der Waals surface area contributed by atoms with Crippen molar-refractivity contribution in [2.45, 2.75) is 12.8 Å². The molecule has 7 heteroatoms. The van der Waals surface area contributed by atoms with Gasteiger partial charge in [0.15, 0.2) is 11.5 Å². The average molecular weight is 370 g/mol. The average Bonchev–Trinajstić information content (AvgIpc) is 3.50. The fourth-order valence-corrected chi connectivity index (χ4v) is 2.86. The Kier molecular flexibility index (Phi) is 5.21. The van der Waals surface area contributed by atoms with Crippen LogP contribution in [-0.2, 0) is 9.59 Å². The summed E-state index contributed by atoms with van der Waals surface area (Å²) in [7, 11) is 4.50. The zero-order chi connectivity index (χ0) is 19.4. The summed E-state index contributed by atoms with van der Waals surface area (Å²) in [6.45, 7) is 0. The molecule has 1 fully saturated rings. The van der Waals surface area contributed by atoms with Crippen LogP contribution in [0.3, 0.4) is 0 Å². The van der Waals surface area contributed by atoms with Gasteiger partial charge in [0.2, 0.25) is 17.6 Å². The molecule has 0 spiro atoms. The minimum absolute atomic E-state index is 0.307. The van der Waals surface area contributed by atoms with Crippen LogP contribution in [0.4, 0.5) is 11.4 Å². The van der Waals surface area contributed by atoms with Gasteiger partial charge in [-0.25, -0.2) is 0 Å². The van der Waals surface area contributed by atoms with Crippen LogP contribution < -0.4 is 24.8 Å². The largest absolute Gasteiger partial charge is 0.493 e. The van der Waals surface area contributed by atoms with Gasteiger partial charge in [-0.2, -0.15) is 0 Å². The highest BCUT2D eigenvalue weighted by Gasteiger charge is 2.56. The fourth-order valence-electron chi connectivity index (χ4n) is 2.86. The summed E-state index contributed by atoms with van der Waals surface area (Å²) in [6, 6.07) is 12.3. The molecule has 0 saturated heterocycles. The maximum atomic E-state index is 12.8.